The molecule has 0 spiro atoms. The first kappa shape index (κ1) is 17.6. The van der Waals surface area contributed by atoms with Gasteiger partial charge in [0.2, 0.25) is 5.91 Å². The van der Waals surface area contributed by atoms with Crippen molar-refractivity contribution in [3.63, 3.8) is 0 Å². The molecule has 0 fully saturated rings. The number of carboxylic acid groups (broad SMARTS) is 1. The van der Waals surface area contributed by atoms with Crippen LogP contribution in [0.4, 0.5) is 0 Å². The molecule has 0 radical (unpaired) electrons. The Bertz CT molecular complexity index is 572. The van der Waals surface area contributed by atoms with Crippen LogP contribution in [0.3, 0.4) is 0 Å². The zero-order chi connectivity index (χ0) is 16.9. The molecule has 6 N–H and O–H groups in total. The summed E-state index contributed by atoms with van der Waals surface area (Å²) in [6.07, 6.45) is -0.763. The van der Waals surface area contributed by atoms with Gasteiger partial charge >= 0.3 is 5.97 Å². The highest BCUT2D eigenvalue weighted by Gasteiger charge is 2.27. The van der Waals surface area contributed by atoms with Gasteiger partial charge in [-0.15, -0.1) is 0 Å². The van der Waals surface area contributed by atoms with Crippen molar-refractivity contribution in [3.8, 4) is 5.75 Å². The number of aliphatic hydroxyl groups excluding tert-OH is 1. The second-order valence-electron chi connectivity index (χ2n) is 4.89. The topological polar surface area (TPSA) is 150 Å². The molecule has 120 valence electrons. The molecule has 8 heteroatoms. The Morgan fingerprint density at radius 2 is 2.05 bits per heavy atom. The van der Waals surface area contributed by atoms with E-state index in [2.05, 4.69) is 5.32 Å². The maximum absolute atomic E-state index is 11.9. The van der Waals surface area contributed by atoms with Crippen molar-refractivity contribution in [2.75, 3.05) is 0 Å². The minimum Gasteiger partial charge on any atom is -0.507 e. The maximum atomic E-state index is 11.9. The highest BCUT2D eigenvalue weighted by molar-refractivity contribution is 5.87. The Balaban J connectivity index is 2.75. The van der Waals surface area contributed by atoms with Crippen LogP contribution in [-0.2, 0) is 16.0 Å². The van der Waals surface area contributed by atoms with Gasteiger partial charge in [0.25, 0.3) is 0 Å². The van der Waals surface area contributed by atoms with Crippen LogP contribution in [0, 0.1) is 0 Å². The Hall–Kier alpha value is -2.45. The monoisotopic (exact) mass is 310 g/mol. The third kappa shape index (κ3) is 4.54. The van der Waals surface area contributed by atoms with Gasteiger partial charge in [-0.05, 0) is 31.0 Å². The van der Waals surface area contributed by atoms with Gasteiger partial charge in [0.05, 0.1) is 17.7 Å². The molecule has 22 heavy (non-hydrogen) atoms. The van der Waals surface area contributed by atoms with E-state index in [4.69, 9.17) is 10.8 Å². The van der Waals surface area contributed by atoms with Gasteiger partial charge < -0.3 is 26.4 Å². The van der Waals surface area contributed by atoms with Crippen molar-refractivity contribution < 1.29 is 29.7 Å². The smallest absolute Gasteiger partial charge is 0.328 e. The van der Waals surface area contributed by atoms with Crippen LogP contribution in [0.1, 0.15) is 22.8 Å². The van der Waals surface area contributed by atoms with Crippen LogP contribution in [0.25, 0.3) is 0 Å². The molecule has 0 aliphatic carbocycles. The number of nitrogens with two attached hydrogens (primary N) is 1. The van der Waals surface area contributed by atoms with Gasteiger partial charge in [0, 0.05) is 0 Å². The van der Waals surface area contributed by atoms with Crippen molar-refractivity contribution in [1.82, 2.24) is 5.32 Å². The molecule has 1 aromatic carbocycles. The number of carbonyl (C=O) groups excluding carboxylic acids is 2. The normalized spacial score (nSPS) is 14.7. The molecule has 1 rings (SSSR count). The molecule has 0 aliphatic heterocycles. The van der Waals surface area contributed by atoms with Crippen LogP contribution < -0.4 is 11.1 Å². The predicted octanol–water partition coefficient (Wildman–Crippen LogP) is -0.975. The fraction of sp³-hybridized carbons (Fsp3) is 0.357. The first-order valence-electron chi connectivity index (χ1n) is 6.50. The predicted molar refractivity (Wildman–Crippen MR) is 76.4 cm³/mol. The molecule has 0 aliphatic rings. The number of aliphatic hydroxyl groups is 1. The van der Waals surface area contributed by atoms with Crippen LogP contribution in [-0.4, -0.2) is 51.7 Å². The van der Waals surface area contributed by atoms with Crippen molar-refractivity contribution in [3.05, 3.63) is 29.3 Å². The number of benzene rings is 1. The third-order valence-corrected chi connectivity index (χ3v) is 3.06. The number of hydrogen-bond donors (Lipinski definition) is 5. The second kappa shape index (κ2) is 7.53. The minimum atomic E-state index is -1.45. The highest BCUT2D eigenvalue weighted by Crippen LogP contribution is 2.17. The fourth-order valence-electron chi connectivity index (χ4n) is 1.82. The minimum absolute atomic E-state index is 0.0408. The molecular formula is C14H18N2O6. The summed E-state index contributed by atoms with van der Waals surface area (Å²) in [7, 11) is 0. The largest absolute Gasteiger partial charge is 0.507 e. The summed E-state index contributed by atoms with van der Waals surface area (Å²) in [5.41, 5.74) is 6.29. The lowest BCUT2D eigenvalue weighted by molar-refractivity contribution is -0.144. The first-order chi connectivity index (χ1) is 10.3. The maximum Gasteiger partial charge on any atom is 0.328 e. The summed E-state index contributed by atoms with van der Waals surface area (Å²) >= 11 is 0. The third-order valence-electron chi connectivity index (χ3n) is 3.06. The zero-order valence-corrected chi connectivity index (χ0v) is 11.9. The number of aromatic hydroxyl groups is 1. The number of amides is 1. The zero-order valence-electron chi connectivity index (χ0n) is 11.9. The van der Waals surface area contributed by atoms with Crippen molar-refractivity contribution in [1.29, 1.82) is 0 Å². The number of phenolic OH excluding ortho intramolecular Hbond substituents is 1. The number of nitrogens with one attached hydrogen (secondary N) is 1. The van der Waals surface area contributed by atoms with Gasteiger partial charge in [-0.2, -0.15) is 0 Å². The summed E-state index contributed by atoms with van der Waals surface area (Å²) in [5.74, 6) is -2.30. The standard InChI is InChI=1S/C14H18N2O6/c1-7(18)12(14(21)22)16-13(20)10(15)5-8-2-3-11(19)9(4-8)6-17/h2-4,6-7,10,12,18-19H,5,15H2,1H3,(H,16,20)(H,21,22). The van der Waals surface area contributed by atoms with Crippen molar-refractivity contribution >= 4 is 18.2 Å². The molecular weight excluding hydrogens is 292 g/mol. The molecule has 0 bridgehead atoms. The molecule has 0 saturated carbocycles. The number of aliphatic carboxylic acids is 1. The van der Waals surface area contributed by atoms with Crippen molar-refractivity contribution in [2.45, 2.75) is 31.5 Å². The van der Waals surface area contributed by atoms with Gasteiger partial charge in [-0.3, -0.25) is 9.59 Å². The number of hydrogen-bond acceptors (Lipinski definition) is 6. The van der Waals surface area contributed by atoms with Crippen LogP contribution >= 0.6 is 0 Å². The van der Waals surface area contributed by atoms with Gasteiger partial charge in [-0.1, -0.05) is 6.07 Å². The summed E-state index contributed by atoms with van der Waals surface area (Å²) in [6, 6.07) is 1.67. The Morgan fingerprint density at radius 1 is 1.41 bits per heavy atom. The number of phenols is 1. The lowest BCUT2D eigenvalue weighted by Gasteiger charge is -2.19. The summed E-state index contributed by atoms with van der Waals surface area (Å²) in [5, 5.41) is 29.7. The van der Waals surface area contributed by atoms with E-state index in [1.54, 1.807) is 0 Å². The van der Waals surface area contributed by atoms with E-state index in [0.29, 0.717) is 11.8 Å². The van der Waals surface area contributed by atoms with E-state index in [1.807, 2.05) is 0 Å². The molecule has 0 heterocycles. The summed E-state index contributed by atoms with van der Waals surface area (Å²) in [6.45, 7) is 1.24. The molecule has 0 aromatic heterocycles. The number of carbonyl (C=O) groups is 3. The van der Waals surface area contributed by atoms with Gasteiger partial charge in [-0.25, -0.2) is 4.79 Å². The Kier molecular flexibility index (Phi) is 6.02. The van der Waals surface area contributed by atoms with Gasteiger partial charge in [0.1, 0.15) is 5.75 Å². The van der Waals surface area contributed by atoms with Crippen LogP contribution in [0.5, 0.6) is 5.75 Å². The van der Waals surface area contributed by atoms with Crippen molar-refractivity contribution in [2.24, 2.45) is 5.73 Å². The van der Waals surface area contributed by atoms with E-state index in [1.165, 1.54) is 25.1 Å². The summed E-state index contributed by atoms with van der Waals surface area (Å²) < 4.78 is 0. The molecule has 1 aromatic rings. The van der Waals surface area contributed by atoms with E-state index in [9.17, 15) is 24.6 Å². The van der Waals surface area contributed by atoms with Crippen LogP contribution in [0.2, 0.25) is 0 Å². The van der Waals surface area contributed by atoms with E-state index in [0.717, 1.165) is 0 Å². The molecule has 0 saturated heterocycles. The SMILES string of the molecule is CC(O)C(NC(=O)C(N)Cc1ccc(O)c(C=O)c1)C(=O)O. The molecule has 3 unspecified atom stereocenters. The average Bonchev–Trinajstić information content (AvgIpc) is 2.45. The fourth-order valence-corrected chi connectivity index (χ4v) is 1.82. The number of carboxylic acids is 1. The highest BCUT2D eigenvalue weighted by atomic mass is 16.4. The van der Waals surface area contributed by atoms with Gasteiger partial charge in [0.15, 0.2) is 12.3 Å². The first-order valence-corrected chi connectivity index (χ1v) is 6.50. The Labute approximate surface area is 126 Å². The van der Waals surface area contributed by atoms with E-state index in [-0.39, 0.29) is 17.7 Å². The van der Waals surface area contributed by atoms with E-state index < -0.39 is 30.1 Å². The lowest BCUT2D eigenvalue weighted by atomic mass is 10.0. The van der Waals surface area contributed by atoms with E-state index >= 15 is 0 Å². The molecule has 8 nitrogen and oxygen atoms in total. The molecule has 1 amide bonds. The Morgan fingerprint density at radius 3 is 2.55 bits per heavy atom. The van der Waals surface area contributed by atoms with Crippen LogP contribution in [0.15, 0.2) is 18.2 Å². The summed E-state index contributed by atoms with van der Waals surface area (Å²) in [4.78, 5) is 33.5. The lowest BCUT2D eigenvalue weighted by Crippen LogP contribution is -2.53. The molecule has 3 atom stereocenters. The average molecular weight is 310 g/mol. The second-order valence-corrected chi connectivity index (χ2v) is 4.89. The quantitative estimate of drug-likeness (QED) is 0.406. The number of aldehydes is 1. The number of rotatable bonds is 7.